The molecule has 0 saturated carbocycles. The Morgan fingerprint density at radius 1 is 1.36 bits per heavy atom. The maximum absolute atomic E-state index is 12.7. The number of rotatable bonds is 6. The van der Waals surface area contributed by atoms with Gasteiger partial charge in [0.25, 0.3) is 0 Å². The van der Waals surface area contributed by atoms with E-state index in [0.29, 0.717) is 6.04 Å². The van der Waals surface area contributed by atoms with Gasteiger partial charge in [0.05, 0.1) is 13.2 Å². The molecule has 2 atom stereocenters. The first-order valence-electron chi connectivity index (χ1n) is 9.61. The third-order valence-corrected chi connectivity index (χ3v) is 5.47. The van der Waals surface area contributed by atoms with Crippen LogP contribution in [0.2, 0.25) is 0 Å². The van der Waals surface area contributed by atoms with E-state index in [0.717, 1.165) is 65.1 Å². The molecule has 0 bridgehead atoms. The molecule has 2 fully saturated rings. The van der Waals surface area contributed by atoms with Crippen LogP contribution in [0.25, 0.3) is 0 Å². The van der Waals surface area contributed by atoms with Crippen LogP contribution in [-0.4, -0.2) is 71.9 Å². The van der Waals surface area contributed by atoms with E-state index in [1.807, 2.05) is 0 Å². The van der Waals surface area contributed by atoms with Gasteiger partial charge in [-0.05, 0) is 44.7 Å². The van der Waals surface area contributed by atoms with Gasteiger partial charge in [0.1, 0.15) is 0 Å². The van der Waals surface area contributed by atoms with Crippen LogP contribution in [0.4, 0.5) is 4.79 Å². The van der Waals surface area contributed by atoms with Gasteiger partial charge in [-0.1, -0.05) is 0 Å². The SMILES string of the molecule is C[C@@H](CCc1cccn1C)NC(=O)N1CCC[C@@H]1CN1CCOCC1. The molecule has 6 heteroatoms. The summed E-state index contributed by atoms with van der Waals surface area (Å²) in [6, 6.07) is 4.85. The lowest BCUT2D eigenvalue weighted by atomic mass is 10.1. The highest BCUT2D eigenvalue weighted by Gasteiger charge is 2.31. The zero-order valence-electron chi connectivity index (χ0n) is 15.6. The van der Waals surface area contributed by atoms with Gasteiger partial charge < -0.3 is 19.5 Å². The molecule has 2 saturated heterocycles. The van der Waals surface area contributed by atoms with Crippen molar-refractivity contribution in [3.63, 3.8) is 0 Å². The zero-order chi connectivity index (χ0) is 17.6. The maximum atomic E-state index is 12.7. The molecule has 1 aromatic heterocycles. The van der Waals surface area contributed by atoms with Crippen LogP contribution in [0.1, 0.15) is 31.9 Å². The number of carbonyl (C=O) groups is 1. The molecule has 0 radical (unpaired) electrons. The molecule has 0 aliphatic carbocycles. The summed E-state index contributed by atoms with van der Waals surface area (Å²) < 4.78 is 7.57. The van der Waals surface area contributed by atoms with Crippen LogP contribution in [0, 0.1) is 0 Å². The highest BCUT2D eigenvalue weighted by Crippen LogP contribution is 2.19. The molecule has 1 N–H and O–H groups in total. The Bertz CT molecular complexity index is 553. The van der Waals surface area contributed by atoms with Crippen molar-refractivity contribution in [1.82, 2.24) is 19.7 Å². The molecule has 2 amide bonds. The average Bonchev–Trinajstić information content (AvgIpc) is 3.23. The number of aromatic nitrogens is 1. The summed E-state index contributed by atoms with van der Waals surface area (Å²) in [7, 11) is 2.07. The normalized spacial score (nSPS) is 23.0. The molecule has 0 aromatic carbocycles. The van der Waals surface area contributed by atoms with Crippen molar-refractivity contribution in [2.45, 2.75) is 44.7 Å². The third kappa shape index (κ3) is 4.98. The Hall–Kier alpha value is -1.53. The molecule has 3 rings (SSSR count). The van der Waals surface area contributed by atoms with Gasteiger partial charge in [0, 0.05) is 57.2 Å². The van der Waals surface area contributed by atoms with Gasteiger partial charge >= 0.3 is 6.03 Å². The number of carbonyl (C=O) groups excluding carboxylic acids is 1. The van der Waals surface area contributed by atoms with E-state index in [1.165, 1.54) is 5.69 Å². The fourth-order valence-corrected chi connectivity index (χ4v) is 3.86. The van der Waals surface area contributed by atoms with Crippen LogP contribution in [0.15, 0.2) is 18.3 Å². The highest BCUT2D eigenvalue weighted by atomic mass is 16.5. The number of nitrogens with one attached hydrogen (secondary N) is 1. The largest absolute Gasteiger partial charge is 0.379 e. The first kappa shape index (κ1) is 18.3. The number of hydrogen-bond acceptors (Lipinski definition) is 3. The van der Waals surface area contributed by atoms with E-state index in [9.17, 15) is 4.79 Å². The van der Waals surface area contributed by atoms with Crippen LogP contribution in [0.5, 0.6) is 0 Å². The van der Waals surface area contributed by atoms with E-state index in [2.05, 4.69) is 52.0 Å². The number of urea groups is 1. The summed E-state index contributed by atoms with van der Waals surface area (Å²) in [4.78, 5) is 17.2. The topological polar surface area (TPSA) is 49.7 Å². The molecular weight excluding hydrogens is 316 g/mol. The van der Waals surface area contributed by atoms with Crippen molar-refractivity contribution in [2.24, 2.45) is 7.05 Å². The number of amides is 2. The van der Waals surface area contributed by atoms with Crippen molar-refractivity contribution < 1.29 is 9.53 Å². The Balaban J connectivity index is 1.45. The monoisotopic (exact) mass is 348 g/mol. The molecule has 2 aliphatic heterocycles. The highest BCUT2D eigenvalue weighted by molar-refractivity contribution is 5.75. The van der Waals surface area contributed by atoms with E-state index in [-0.39, 0.29) is 12.1 Å². The van der Waals surface area contributed by atoms with Gasteiger partial charge in [-0.15, -0.1) is 0 Å². The fourth-order valence-electron chi connectivity index (χ4n) is 3.86. The van der Waals surface area contributed by atoms with Gasteiger partial charge in [0.2, 0.25) is 0 Å². The molecule has 0 spiro atoms. The van der Waals surface area contributed by atoms with E-state index in [4.69, 9.17) is 4.74 Å². The second-order valence-corrected chi connectivity index (χ2v) is 7.40. The lowest BCUT2D eigenvalue weighted by molar-refractivity contribution is 0.0291. The van der Waals surface area contributed by atoms with Crippen molar-refractivity contribution in [1.29, 1.82) is 0 Å². The van der Waals surface area contributed by atoms with Crippen molar-refractivity contribution in [2.75, 3.05) is 39.4 Å². The number of nitrogens with zero attached hydrogens (tertiary/aromatic N) is 3. The van der Waals surface area contributed by atoms with Gasteiger partial charge in [-0.3, -0.25) is 4.90 Å². The summed E-state index contributed by atoms with van der Waals surface area (Å²) in [5.74, 6) is 0. The van der Waals surface area contributed by atoms with E-state index < -0.39 is 0 Å². The predicted molar refractivity (Wildman–Crippen MR) is 98.7 cm³/mol. The Kier molecular flexibility index (Phi) is 6.37. The maximum Gasteiger partial charge on any atom is 0.317 e. The minimum atomic E-state index is 0.107. The Morgan fingerprint density at radius 3 is 2.88 bits per heavy atom. The zero-order valence-corrected chi connectivity index (χ0v) is 15.6. The fraction of sp³-hybridized carbons (Fsp3) is 0.737. The molecule has 140 valence electrons. The van der Waals surface area contributed by atoms with Gasteiger partial charge in [0.15, 0.2) is 0 Å². The number of hydrogen-bond donors (Lipinski definition) is 1. The van der Waals surface area contributed by atoms with Gasteiger partial charge in [-0.2, -0.15) is 0 Å². The van der Waals surface area contributed by atoms with Crippen LogP contribution in [-0.2, 0) is 18.2 Å². The average molecular weight is 348 g/mol. The first-order chi connectivity index (χ1) is 12.1. The summed E-state index contributed by atoms with van der Waals surface area (Å²) in [5, 5.41) is 3.21. The second kappa shape index (κ2) is 8.72. The minimum absolute atomic E-state index is 0.107. The minimum Gasteiger partial charge on any atom is -0.379 e. The smallest absolute Gasteiger partial charge is 0.317 e. The van der Waals surface area contributed by atoms with E-state index in [1.54, 1.807) is 0 Å². The van der Waals surface area contributed by atoms with Crippen LogP contribution >= 0.6 is 0 Å². The van der Waals surface area contributed by atoms with Crippen molar-refractivity contribution in [3.8, 4) is 0 Å². The number of aryl methyl sites for hydroxylation is 2. The predicted octanol–water partition coefficient (Wildman–Crippen LogP) is 1.85. The van der Waals surface area contributed by atoms with Crippen molar-refractivity contribution in [3.05, 3.63) is 24.0 Å². The summed E-state index contributed by atoms with van der Waals surface area (Å²) in [6.07, 6.45) is 6.25. The van der Waals surface area contributed by atoms with Gasteiger partial charge in [-0.25, -0.2) is 4.79 Å². The van der Waals surface area contributed by atoms with E-state index >= 15 is 0 Å². The lowest BCUT2D eigenvalue weighted by Gasteiger charge is -2.33. The molecule has 6 nitrogen and oxygen atoms in total. The molecule has 2 aliphatic rings. The molecule has 25 heavy (non-hydrogen) atoms. The Morgan fingerprint density at radius 2 is 2.16 bits per heavy atom. The van der Waals surface area contributed by atoms with Crippen molar-refractivity contribution >= 4 is 6.03 Å². The number of likely N-dealkylation sites (tertiary alicyclic amines) is 1. The standard InChI is InChI=1S/C19H32N4O2/c1-16(7-8-17-5-3-9-21(17)2)20-19(24)23-10-4-6-18(23)15-22-11-13-25-14-12-22/h3,5,9,16,18H,4,6-8,10-15H2,1-2H3,(H,20,24)/t16-,18+/m0/s1. The molecule has 0 unspecified atom stereocenters. The summed E-state index contributed by atoms with van der Waals surface area (Å²) in [5.41, 5.74) is 1.31. The lowest BCUT2D eigenvalue weighted by Crippen LogP contribution is -2.50. The molecule has 3 heterocycles. The quantitative estimate of drug-likeness (QED) is 0.854. The second-order valence-electron chi connectivity index (χ2n) is 7.40. The molecular formula is C19H32N4O2. The first-order valence-corrected chi connectivity index (χ1v) is 9.61. The van der Waals surface area contributed by atoms with Crippen LogP contribution < -0.4 is 5.32 Å². The Labute approximate surface area is 151 Å². The molecule has 1 aromatic rings. The number of ether oxygens (including phenoxy) is 1. The summed E-state index contributed by atoms with van der Waals surface area (Å²) in [6.45, 7) is 7.57. The summed E-state index contributed by atoms with van der Waals surface area (Å²) >= 11 is 0. The third-order valence-electron chi connectivity index (χ3n) is 5.47. The van der Waals surface area contributed by atoms with Crippen LogP contribution in [0.3, 0.4) is 0 Å². The number of morpholine rings is 1.